The van der Waals surface area contributed by atoms with Crippen molar-refractivity contribution >= 4 is 5.97 Å². The number of rotatable bonds is 2. The molecule has 0 saturated carbocycles. The molecule has 0 amide bonds. The van der Waals surface area contributed by atoms with E-state index < -0.39 is 17.8 Å². The van der Waals surface area contributed by atoms with E-state index in [1.54, 1.807) is 0 Å². The summed E-state index contributed by atoms with van der Waals surface area (Å²) < 4.78 is 5.21. The van der Waals surface area contributed by atoms with Gasteiger partial charge in [0.15, 0.2) is 0 Å². The van der Waals surface area contributed by atoms with Gasteiger partial charge in [-0.2, -0.15) is 0 Å². The summed E-state index contributed by atoms with van der Waals surface area (Å²) in [6.07, 6.45) is 3.34. The Morgan fingerprint density at radius 3 is 2.06 bits per heavy atom. The molecule has 2 rings (SSSR count). The van der Waals surface area contributed by atoms with E-state index in [-0.39, 0.29) is 0 Å². The van der Waals surface area contributed by atoms with Crippen molar-refractivity contribution in [2.45, 2.75) is 70.4 Å². The molecule has 2 bridgehead atoms. The second kappa shape index (κ2) is 4.00. The molecular formula is C12H21NO3. The Hall–Kier alpha value is -0.610. The van der Waals surface area contributed by atoms with Crippen LogP contribution in [0.2, 0.25) is 0 Å². The minimum atomic E-state index is -1.07. The van der Waals surface area contributed by atoms with Crippen molar-refractivity contribution in [3.8, 4) is 0 Å². The van der Waals surface area contributed by atoms with E-state index in [2.05, 4.69) is 0 Å². The number of esters is 1. The largest absolute Gasteiger partial charge is 0.457 e. The maximum absolute atomic E-state index is 11.8. The van der Waals surface area contributed by atoms with Gasteiger partial charge in [0.2, 0.25) is 6.23 Å². The number of carbonyl (C=O) groups excluding carboxylic acids is 1. The van der Waals surface area contributed by atoms with Gasteiger partial charge in [-0.15, -0.1) is 0 Å². The van der Waals surface area contributed by atoms with Gasteiger partial charge in [-0.05, 0) is 46.5 Å². The van der Waals surface area contributed by atoms with Crippen LogP contribution in [-0.4, -0.2) is 39.9 Å². The molecule has 2 aliphatic rings. The van der Waals surface area contributed by atoms with Crippen LogP contribution in [0.15, 0.2) is 0 Å². The number of fused-ring (bicyclic) bond motifs is 2. The highest BCUT2D eigenvalue weighted by molar-refractivity contribution is 5.74. The first-order chi connectivity index (χ1) is 7.38. The average Bonchev–Trinajstić information content (AvgIpc) is 2.72. The monoisotopic (exact) mass is 227 g/mol. The molecular weight excluding hydrogens is 206 g/mol. The molecule has 1 N–H and O–H groups in total. The highest BCUT2D eigenvalue weighted by atomic mass is 16.6. The van der Waals surface area contributed by atoms with Gasteiger partial charge in [0, 0.05) is 12.1 Å². The van der Waals surface area contributed by atoms with Gasteiger partial charge in [0.25, 0.3) is 0 Å². The minimum Gasteiger partial charge on any atom is -0.457 e. The molecule has 1 unspecified atom stereocenters. The Kier molecular flexibility index (Phi) is 2.97. The van der Waals surface area contributed by atoms with Crippen molar-refractivity contribution < 1.29 is 14.6 Å². The molecule has 2 fully saturated rings. The molecule has 0 aliphatic carbocycles. The van der Waals surface area contributed by atoms with E-state index in [1.807, 2.05) is 25.7 Å². The van der Waals surface area contributed by atoms with Crippen molar-refractivity contribution in [3.05, 3.63) is 0 Å². The molecule has 0 spiro atoms. The van der Waals surface area contributed by atoms with Gasteiger partial charge in [0.05, 0.1) is 0 Å². The number of nitrogens with zero attached hydrogens (tertiary/aromatic N) is 1. The van der Waals surface area contributed by atoms with Gasteiger partial charge < -0.3 is 9.84 Å². The van der Waals surface area contributed by atoms with Crippen LogP contribution in [0.25, 0.3) is 0 Å². The highest BCUT2D eigenvalue weighted by Gasteiger charge is 2.45. The molecule has 4 heteroatoms. The molecule has 92 valence electrons. The Balaban J connectivity index is 1.97. The Bertz CT molecular complexity index is 264. The number of ether oxygens (including phenoxy) is 1. The van der Waals surface area contributed by atoms with Gasteiger partial charge in [-0.1, -0.05) is 0 Å². The lowest BCUT2D eigenvalue weighted by molar-refractivity contribution is -0.177. The third kappa shape index (κ3) is 2.23. The van der Waals surface area contributed by atoms with Crippen LogP contribution in [0, 0.1) is 0 Å². The summed E-state index contributed by atoms with van der Waals surface area (Å²) in [5, 5.41) is 10.0. The summed E-state index contributed by atoms with van der Waals surface area (Å²) in [5.74, 6) is -0.508. The van der Waals surface area contributed by atoms with E-state index >= 15 is 0 Å². The number of aliphatic hydroxyl groups is 1. The van der Waals surface area contributed by atoms with E-state index in [1.165, 1.54) is 0 Å². The molecule has 1 atom stereocenters. The van der Waals surface area contributed by atoms with Crippen LogP contribution >= 0.6 is 0 Å². The fourth-order valence-corrected chi connectivity index (χ4v) is 2.83. The summed E-state index contributed by atoms with van der Waals surface area (Å²) in [4.78, 5) is 13.7. The van der Waals surface area contributed by atoms with Crippen molar-refractivity contribution in [2.75, 3.05) is 0 Å². The molecule has 0 aromatic carbocycles. The summed E-state index contributed by atoms with van der Waals surface area (Å²) in [6.45, 7) is 5.45. The smallest absolute Gasteiger partial charge is 0.351 e. The molecule has 0 aromatic rings. The molecule has 4 nitrogen and oxygen atoms in total. The first-order valence-electron chi connectivity index (χ1n) is 6.07. The van der Waals surface area contributed by atoms with Crippen molar-refractivity contribution in [3.63, 3.8) is 0 Å². The average molecular weight is 227 g/mol. The predicted molar refractivity (Wildman–Crippen MR) is 59.7 cm³/mol. The Labute approximate surface area is 96.6 Å². The fraction of sp³-hybridized carbons (Fsp3) is 0.917. The summed E-state index contributed by atoms with van der Waals surface area (Å²) in [5.41, 5.74) is -0.531. The number of aliphatic hydroxyl groups excluding tert-OH is 1. The van der Waals surface area contributed by atoms with Gasteiger partial charge in [-0.3, -0.25) is 4.90 Å². The molecule has 2 saturated heterocycles. The molecule has 2 aliphatic heterocycles. The number of carbonyl (C=O) groups is 1. The lowest BCUT2D eigenvalue weighted by atomic mass is 10.0. The zero-order chi connectivity index (χ0) is 11.9. The van der Waals surface area contributed by atoms with Crippen LogP contribution in [-0.2, 0) is 9.53 Å². The molecule has 0 aromatic heterocycles. The topological polar surface area (TPSA) is 49.8 Å². The van der Waals surface area contributed by atoms with Crippen LogP contribution in [0.4, 0.5) is 0 Å². The van der Waals surface area contributed by atoms with Crippen molar-refractivity contribution in [1.29, 1.82) is 0 Å². The zero-order valence-electron chi connectivity index (χ0n) is 10.3. The van der Waals surface area contributed by atoms with Gasteiger partial charge in [-0.25, -0.2) is 4.79 Å². The van der Waals surface area contributed by atoms with E-state index in [9.17, 15) is 9.90 Å². The lowest BCUT2D eigenvalue weighted by Gasteiger charge is -2.29. The molecule has 2 heterocycles. The molecule has 0 radical (unpaired) electrons. The second-order valence-electron chi connectivity index (χ2n) is 5.82. The van der Waals surface area contributed by atoms with E-state index in [4.69, 9.17) is 4.74 Å². The first kappa shape index (κ1) is 11.9. The van der Waals surface area contributed by atoms with Crippen LogP contribution in [0.1, 0.15) is 46.5 Å². The first-order valence-corrected chi connectivity index (χ1v) is 6.07. The van der Waals surface area contributed by atoms with Crippen LogP contribution < -0.4 is 0 Å². The van der Waals surface area contributed by atoms with Crippen LogP contribution in [0.5, 0.6) is 0 Å². The SMILES string of the molecule is CC(C)(C)OC(=O)C(O)N1C2CCC1CC2. The Morgan fingerprint density at radius 2 is 1.69 bits per heavy atom. The number of hydrogen-bond donors (Lipinski definition) is 1. The second-order valence-corrected chi connectivity index (χ2v) is 5.82. The Morgan fingerprint density at radius 1 is 1.25 bits per heavy atom. The predicted octanol–water partition coefficient (Wildman–Crippen LogP) is 1.27. The van der Waals surface area contributed by atoms with Crippen molar-refractivity contribution in [1.82, 2.24) is 4.90 Å². The normalized spacial score (nSPS) is 31.8. The maximum atomic E-state index is 11.8. The molecule has 16 heavy (non-hydrogen) atoms. The minimum absolute atomic E-state index is 0.382. The maximum Gasteiger partial charge on any atom is 0.351 e. The third-order valence-corrected chi connectivity index (χ3v) is 3.41. The number of hydrogen-bond acceptors (Lipinski definition) is 4. The fourth-order valence-electron chi connectivity index (χ4n) is 2.83. The lowest BCUT2D eigenvalue weighted by Crippen LogP contribution is -2.46. The summed E-state index contributed by atoms with van der Waals surface area (Å²) in [6, 6.07) is 0.764. The van der Waals surface area contributed by atoms with Gasteiger partial charge in [0.1, 0.15) is 5.60 Å². The quantitative estimate of drug-likeness (QED) is 0.722. The zero-order valence-corrected chi connectivity index (χ0v) is 10.3. The van der Waals surface area contributed by atoms with E-state index in [0.717, 1.165) is 25.7 Å². The standard InChI is InChI=1S/C12H21NO3/c1-12(2,3)16-11(15)10(14)13-8-4-5-9(13)7-6-8/h8-10,14H,4-7H2,1-3H3. The van der Waals surface area contributed by atoms with Gasteiger partial charge >= 0.3 is 5.97 Å². The van der Waals surface area contributed by atoms with Crippen molar-refractivity contribution in [2.24, 2.45) is 0 Å². The van der Waals surface area contributed by atoms with E-state index in [0.29, 0.717) is 12.1 Å². The van der Waals surface area contributed by atoms with Crippen LogP contribution in [0.3, 0.4) is 0 Å². The third-order valence-electron chi connectivity index (χ3n) is 3.41. The summed E-state index contributed by atoms with van der Waals surface area (Å²) in [7, 11) is 0. The highest BCUT2D eigenvalue weighted by Crippen LogP contribution is 2.38. The summed E-state index contributed by atoms with van der Waals surface area (Å²) >= 11 is 0.